The predicted molar refractivity (Wildman–Crippen MR) is 105 cm³/mol. The normalized spacial score (nSPS) is 18.5. The van der Waals surface area contributed by atoms with Gasteiger partial charge >= 0.3 is 0 Å². The number of hydrogen-bond donors (Lipinski definition) is 2. The van der Waals surface area contributed by atoms with Gasteiger partial charge in [0.25, 0.3) is 0 Å². The van der Waals surface area contributed by atoms with E-state index >= 15 is 0 Å². The van der Waals surface area contributed by atoms with Gasteiger partial charge in [-0.15, -0.1) is 0 Å². The summed E-state index contributed by atoms with van der Waals surface area (Å²) in [6.07, 6.45) is 0.603. The third-order valence-corrected chi connectivity index (χ3v) is 4.79. The van der Waals surface area contributed by atoms with Crippen molar-refractivity contribution in [3.63, 3.8) is 0 Å². The highest BCUT2D eigenvalue weighted by Gasteiger charge is 2.48. The van der Waals surface area contributed by atoms with E-state index in [-0.39, 0.29) is 23.7 Å². The molecule has 0 bridgehead atoms. The number of anilines is 2. The Bertz CT molecular complexity index is 822. The number of amides is 2. The van der Waals surface area contributed by atoms with Crippen molar-refractivity contribution in [2.45, 2.75) is 40.0 Å². The molecule has 2 N–H and O–H groups in total. The standard InChI is InChI=1S/C22H26N2O2/c1-13(2)17-7-5-6-8-20(17)24-22(26)19-12-18(19)21(25)23-16-10-14(3)9-15(4)11-16/h5-11,13,18-19H,12H2,1-4H3,(H,23,25)(H,24,26). The Morgan fingerprint density at radius 2 is 1.50 bits per heavy atom. The maximum Gasteiger partial charge on any atom is 0.228 e. The zero-order valence-corrected chi connectivity index (χ0v) is 15.8. The lowest BCUT2D eigenvalue weighted by atomic mass is 10.0. The van der Waals surface area contributed by atoms with Gasteiger partial charge in [0, 0.05) is 11.4 Å². The lowest BCUT2D eigenvalue weighted by molar-refractivity contribution is -0.122. The summed E-state index contributed by atoms with van der Waals surface area (Å²) in [5.41, 5.74) is 4.96. The first kappa shape index (κ1) is 18.2. The summed E-state index contributed by atoms with van der Waals surface area (Å²) in [5.74, 6) is -0.316. The van der Waals surface area contributed by atoms with Gasteiger partial charge in [0.1, 0.15) is 0 Å². The highest BCUT2D eigenvalue weighted by Crippen LogP contribution is 2.40. The molecule has 0 spiro atoms. The van der Waals surface area contributed by atoms with Crippen molar-refractivity contribution in [2.75, 3.05) is 10.6 Å². The van der Waals surface area contributed by atoms with Gasteiger partial charge in [-0.05, 0) is 61.1 Å². The number of carbonyl (C=O) groups is 2. The van der Waals surface area contributed by atoms with Gasteiger partial charge in [0.15, 0.2) is 0 Å². The average molecular weight is 350 g/mol. The molecular formula is C22H26N2O2. The topological polar surface area (TPSA) is 58.2 Å². The van der Waals surface area contributed by atoms with E-state index in [1.54, 1.807) is 0 Å². The number of nitrogens with one attached hydrogen (secondary N) is 2. The lowest BCUT2D eigenvalue weighted by Crippen LogP contribution is -2.21. The third-order valence-electron chi connectivity index (χ3n) is 4.79. The maximum absolute atomic E-state index is 12.5. The van der Waals surface area contributed by atoms with Crippen molar-refractivity contribution < 1.29 is 9.59 Å². The van der Waals surface area contributed by atoms with Gasteiger partial charge < -0.3 is 10.6 Å². The minimum absolute atomic E-state index is 0.0707. The molecule has 2 unspecified atom stereocenters. The van der Waals surface area contributed by atoms with E-state index in [1.807, 2.05) is 50.2 Å². The van der Waals surface area contributed by atoms with E-state index in [0.717, 1.165) is 28.1 Å². The minimum Gasteiger partial charge on any atom is -0.326 e. The molecule has 1 saturated carbocycles. The molecule has 136 valence electrons. The van der Waals surface area contributed by atoms with Crippen LogP contribution in [0.15, 0.2) is 42.5 Å². The molecule has 0 saturated heterocycles. The second-order valence-electron chi connectivity index (χ2n) is 7.55. The first-order valence-electron chi connectivity index (χ1n) is 9.14. The maximum atomic E-state index is 12.5. The van der Waals surface area contributed by atoms with Gasteiger partial charge in [-0.2, -0.15) is 0 Å². The van der Waals surface area contributed by atoms with Crippen LogP contribution in [-0.4, -0.2) is 11.8 Å². The molecule has 26 heavy (non-hydrogen) atoms. The molecule has 2 atom stereocenters. The van der Waals surface area contributed by atoms with E-state index in [4.69, 9.17) is 0 Å². The van der Waals surface area contributed by atoms with Crippen LogP contribution >= 0.6 is 0 Å². The van der Waals surface area contributed by atoms with Crippen LogP contribution in [0.5, 0.6) is 0 Å². The highest BCUT2D eigenvalue weighted by atomic mass is 16.2. The van der Waals surface area contributed by atoms with Crippen molar-refractivity contribution in [3.8, 4) is 0 Å². The summed E-state index contributed by atoms with van der Waals surface area (Å²) in [4.78, 5) is 25.0. The summed E-state index contributed by atoms with van der Waals surface area (Å²) in [7, 11) is 0. The smallest absolute Gasteiger partial charge is 0.228 e. The number of benzene rings is 2. The van der Waals surface area contributed by atoms with Crippen molar-refractivity contribution in [1.29, 1.82) is 0 Å². The summed E-state index contributed by atoms with van der Waals surface area (Å²) in [5, 5.41) is 5.95. The van der Waals surface area contributed by atoms with Crippen molar-refractivity contribution in [1.82, 2.24) is 0 Å². The molecule has 2 amide bonds. The van der Waals surface area contributed by atoms with Crippen LogP contribution in [0.25, 0.3) is 0 Å². The van der Waals surface area contributed by atoms with Crippen LogP contribution in [0.1, 0.15) is 42.9 Å². The summed E-state index contributed by atoms with van der Waals surface area (Å²) >= 11 is 0. The SMILES string of the molecule is Cc1cc(C)cc(NC(=O)C2CC2C(=O)Nc2ccccc2C(C)C)c1. The fourth-order valence-electron chi connectivity index (χ4n) is 3.40. The van der Waals surface area contributed by atoms with Gasteiger partial charge in [-0.3, -0.25) is 9.59 Å². The Hall–Kier alpha value is -2.62. The first-order valence-corrected chi connectivity index (χ1v) is 9.14. The Morgan fingerprint density at radius 1 is 0.923 bits per heavy atom. The number of para-hydroxylation sites is 1. The molecule has 4 nitrogen and oxygen atoms in total. The van der Waals surface area contributed by atoms with Gasteiger partial charge in [-0.1, -0.05) is 38.1 Å². The second-order valence-corrected chi connectivity index (χ2v) is 7.55. The van der Waals surface area contributed by atoms with Gasteiger partial charge in [0.05, 0.1) is 11.8 Å². The molecule has 1 aliphatic carbocycles. The molecule has 1 aliphatic rings. The summed E-state index contributed by atoms with van der Waals surface area (Å²) in [6.45, 7) is 8.20. The first-order chi connectivity index (χ1) is 12.3. The van der Waals surface area contributed by atoms with Gasteiger partial charge in [-0.25, -0.2) is 0 Å². The van der Waals surface area contributed by atoms with E-state index in [2.05, 4.69) is 30.5 Å². The summed E-state index contributed by atoms with van der Waals surface area (Å²) in [6, 6.07) is 13.8. The fourth-order valence-corrected chi connectivity index (χ4v) is 3.40. The Morgan fingerprint density at radius 3 is 2.12 bits per heavy atom. The molecule has 1 fully saturated rings. The van der Waals surface area contributed by atoms with E-state index in [1.165, 1.54) is 0 Å². The predicted octanol–water partition coefficient (Wildman–Crippen LogP) is 4.64. The fraction of sp³-hybridized carbons (Fsp3) is 0.364. The van der Waals surface area contributed by atoms with Crippen molar-refractivity contribution in [2.24, 2.45) is 11.8 Å². The van der Waals surface area contributed by atoms with Crippen molar-refractivity contribution >= 4 is 23.2 Å². The monoisotopic (exact) mass is 350 g/mol. The van der Waals surface area contributed by atoms with E-state index in [0.29, 0.717) is 12.3 Å². The van der Waals surface area contributed by atoms with E-state index < -0.39 is 0 Å². The molecule has 0 radical (unpaired) electrons. The number of rotatable bonds is 5. The van der Waals surface area contributed by atoms with Crippen LogP contribution in [0.2, 0.25) is 0 Å². The molecule has 2 aromatic carbocycles. The second kappa shape index (κ2) is 7.32. The number of carbonyl (C=O) groups excluding carboxylic acids is 2. The Balaban J connectivity index is 1.61. The summed E-state index contributed by atoms with van der Waals surface area (Å²) < 4.78 is 0. The van der Waals surface area contributed by atoms with E-state index in [9.17, 15) is 9.59 Å². The van der Waals surface area contributed by atoms with Crippen LogP contribution in [0.4, 0.5) is 11.4 Å². The third kappa shape index (κ3) is 4.13. The average Bonchev–Trinajstić information content (AvgIpc) is 3.35. The minimum atomic E-state index is -0.249. The molecule has 0 aromatic heterocycles. The molecule has 0 aliphatic heterocycles. The Labute approximate surface area is 155 Å². The van der Waals surface area contributed by atoms with Gasteiger partial charge in [0.2, 0.25) is 11.8 Å². The lowest BCUT2D eigenvalue weighted by Gasteiger charge is -2.13. The zero-order valence-electron chi connectivity index (χ0n) is 15.8. The molecule has 0 heterocycles. The largest absolute Gasteiger partial charge is 0.326 e. The number of hydrogen-bond acceptors (Lipinski definition) is 2. The molecule has 2 aromatic rings. The molecule has 3 rings (SSSR count). The molecular weight excluding hydrogens is 324 g/mol. The van der Waals surface area contributed by atoms with Crippen LogP contribution in [0.3, 0.4) is 0 Å². The van der Waals surface area contributed by atoms with Crippen LogP contribution < -0.4 is 10.6 Å². The van der Waals surface area contributed by atoms with Crippen LogP contribution in [-0.2, 0) is 9.59 Å². The number of aryl methyl sites for hydroxylation is 2. The Kier molecular flexibility index (Phi) is 5.12. The molecule has 4 heteroatoms. The quantitative estimate of drug-likeness (QED) is 0.825. The zero-order chi connectivity index (χ0) is 18.8. The highest BCUT2D eigenvalue weighted by molar-refractivity contribution is 6.03. The van der Waals surface area contributed by atoms with Crippen LogP contribution in [0, 0.1) is 25.7 Å². The van der Waals surface area contributed by atoms with Crippen molar-refractivity contribution in [3.05, 3.63) is 59.2 Å².